The molecule has 15 heavy (non-hydrogen) atoms. The van der Waals surface area contributed by atoms with Crippen molar-refractivity contribution < 1.29 is 26.4 Å². The van der Waals surface area contributed by atoms with E-state index in [0.29, 0.717) is 0 Å². The number of nitrogens with zero attached hydrogens (tertiary/aromatic N) is 2. The number of carbonyl (C=O) groups excluding carboxylic acids is 2. The first kappa shape index (κ1) is 13.6. The summed E-state index contributed by atoms with van der Waals surface area (Å²) >= 11 is 0. The lowest BCUT2D eigenvalue weighted by molar-refractivity contribution is 0.223. The van der Waals surface area contributed by atoms with Crippen molar-refractivity contribution in [3.8, 4) is 0 Å². The highest BCUT2D eigenvalue weighted by atomic mass is 32.3. The third-order valence-electron chi connectivity index (χ3n) is 0.991. The normalized spacial score (nSPS) is 10.1. The molecule has 0 atom stereocenters. The molecule has 8 nitrogen and oxygen atoms in total. The molecule has 0 saturated heterocycles. The van der Waals surface area contributed by atoms with Crippen LogP contribution >= 0.6 is 0 Å². The van der Waals surface area contributed by atoms with Gasteiger partial charge in [-0.15, -0.1) is 0 Å². The Morgan fingerprint density at radius 1 is 0.933 bits per heavy atom. The summed E-state index contributed by atoms with van der Waals surface area (Å²) in [5, 5.41) is 0. The first-order valence-corrected chi connectivity index (χ1v) is 5.07. The molecule has 0 aliphatic rings. The van der Waals surface area contributed by atoms with E-state index in [0.717, 1.165) is 0 Å². The first-order chi connectivity index (χ1) is 7.12. The van der Waals surface area contributed by atoms with E-state index in [-0.39, 0.29) is 26.3 Å². The molecule has 84 valence electrons. The van der Waals surface area contributed by atoms with E-state index in [1.807, 2.05) is 0 Å². The molecular formula is C6H8N2O6S. The van der Waals surface area contributed by atoms with Crippen LogP contribution in [-0.4, -0.2) is 46.9 Å². The molecule has 0 amide bonds. The highest BCUT2D eigenvalue weighted by molar-refractivity contribution is 7.81. The molecule has 0 rings (SSSR count). The molecule has 0 aromatic carbocycles. The number of rotatable bonds is 8. The molecule has 0 aromatic rings. The molecule has 0 radical (unpaired) electrons. The Balaban J connectivity index is 3.76. The van der Waals surface area contributed by atoms with Crippen LogP contribution in [0.5, 0.6) is 0 Å². The van der Waals surface area contributed by atoms with E-state index < -0.39 is 10.4 Å². The maximum Gasteiger partial charge on any atom is 0.399 e. The summed E-state index contributed by atoms with van der Waals surface area (Å²) in [4.78, 5) is 25.3. The summed E-state index contributed by atoms with van der Waals surface area (Å²) in [6.07, 6.45) is 2.43. The molecule has 0 aromatic heterocycles. The summed E-state index contributed by atoms with van der Waals surface area (Å²) in [6.45, 7) is -0.875. The van der Waals surface area contributed by atoms with Crippen LogP contribution in [0.25, 0.3) is 0 Å². The van der Waals surface area contributed by atoms with Crippen LogP contribution in [0.15, 0.2) is 9.98 Å². The average molecular weight is 236 g/mol. The van der Waals surface area contributed by atoms with Gasteiger partial charge in [0.25, 0.3) is 0 Å². The van der Waals surface area contributed by atoms with Gasteiger partial charge in [-0.2, -0.15) is 8.42 Å². The van der Waals surface area contributed by atoms with Crippen molar-refractivity contribution in [3.05, 3.63) is 0 Å². The summed E-state index contributed by atoms with van der Waals surface area (Å²) < 4.78 is 30.2. The van der Waals surface area contributed by atoms with Crippen molar-refractivity contribution in [2.24, 2.45) is 9.98 Å². The third-order valence-corrected chi connectivity index (χ3v) is 1.90. The van der Waals surface area contributed by atoms with Gasteiger partial charge in [-0.25, -0.2) is 27.9 Å². The molecule has 0 bridgehead atoms. The second-order valence-corrected chi connectivity index (χ2v) is 3.29. The van der Waals surface area contributed by atoms with E-state index >= 15 is 0 Å². The molecule has 0 spiro atoms. The van der Waals surface area contributed by atoms with Gasteiger partial charge in [0.05, 0.1) is 26.3 Å². The lowest BCUT2D eigenvalue weighted by Gasteiger charge is -2.02. The van der Waals surface area contributed by atoms with Gasteiger partial charge >= 0.3 is 10.4 Å². The van der Waals surface area contributed by atoms with Gasteiger partial charge in [0.15, 0.2) is 0 Å². The first-order valence-electron chi connectivity index (χ1n) is 3.73. The predicted octanol–water partition coefficient (Wildman–Crippen LogP) is -1.06. The molecule has 0 heterocycles. The summed E-state index contributed by atoms with van der Waals surface area (Å²) in [6, 6.07) is 0. The Labute approximate surface area is 85.9 Å². The Hall–Kier alpha value is -1.37. The lowest BCUT2D eigenvalue weighted by Crippen LogP contribution is -2.14. The predicted molar refractivity (Wildman–Crippen MR) is 46.8 cm³/mol. The van der Waals surface area contributed by atoms with Gasteiger partial charge in [0.2, 0.25) is 12.2 Å². The van der Waals surface area contributed by atoms with Gasteiger partial charge < -0.3 is 0 Å². The van der Waals surface area contributed by atoms with Crippen LogP contribution in [0.3, 0.4) is 0 Å². The summed E-state index contributed by atoms with van der Waals surface area (Å²) in [7, 11) is -4.12. The fourth-order valence-electron chi connectivity index (χ4n) is 0.495. The van der Waals surface area contributed by atoms with Crippen molar-refractivity contribution in [2.45, 2.75) is 0 Å². The SMILES string of the molecule is O=C=NCCOS(=O)(=O)OCCN=C=O. The zero-order chi connectivity index (χ0) is 11.6. The Morgan fingerprint density at radius 3 is 1.67 bits per heavy atom. The van der Waals surface area contributed by atoms with Crippen molar-refractivity contribution in [1.29, 1.82) is 0 Å². The maximum absolute atomic E-state index is 10.8. The van der Waals surface area contributed by atoms with Crippen LogP contribution in [0.4, 0.5) is 0 Å². The molecule has 0 aliphatic carbocycles. The van der Waals surface area contributed by atoms with E-state index in [1.165, 1.54) is 12.2 Å². The minimum absolute atomic E-state index is 0.126. The van der Waals surface area contributed by atoms with Gasteiger partial charge in [-0.3, -0.25) is 0 Å². The topological polar surface area (TPSA) is 111 Å². The smallest absolute Gasteiger partial charge is 0.246 e. The second-order valence-electron chi connectivity index (χ2n) is 2.00. The maximum atomic E-state index is 10.8. The van der Waals surface area contributed by atoms with Gasteiger partial charge in [0, 0.05) is 0 Å². The minimum Gasteiger partial charge on any atom is -0.246 e. The van der Waals surface area contributed by atoms with Crippen LogP contribution in [0.1, 0.15) is 0 Å². The molecule has 0 saturated carbocycles. The lowest BCUT2D eigenvalue weighted by atomic mass is 10.7. The monoisotopic (exact) mass is 236 g/mol. The number of isocyanates is 2. The quantitative estimate of drug-likeness (QED) is 0.301. The zero-order valence-electron chi connectivity index (χ0n) is 7.58. The number of hydrogen-bond donors (Lipinski definition) is 0. The Kier molecular flexibility index (Phi) is 7.25. The highest BCUT2D eigenvalue weighted by Crippen LogP contribution is 1.95. The van der Waals surface area contributed by atoms with Crippen molar-refractivity contribution in [3.63, 3.8) is 0 Å². The highest BCUT2D eigenvalue weighted by Gasteiger charge is 2.10. The standard InChI is InChI=1S/C6H8N2O6S/c9-5-7-1-3-13-15(11,12)14-4-2-8-6-10/h1-4H2. The van der Waals surface area contributed by atoms with Gasteiger partial charge in [-0.1, -0.05) is 0 Å². The number of hydrogen-bond acceptors (Lipinski definition) is 8. The van der Waals surface area contributed by atoms with E-state index in [2.05, 4.69) is 18.4 Å². The molecule has 0 fully saturated rings. The molecule has 0 aliphatic heterocycles. The Bertz CT molecular complexity index is 335. The third kappa shape index (κ3) is 8.95. The molecule has 0 unspecified atom stereocenters. The van der Waals surface area contributed by atoms with Crippen LogP contribution in [0, 0.1) is 0 Å². The fourth-order valence-corrected chi connectivity index (χ4v) is 1.12. The molecule has 9 heteroatoms. The fraction of sp³-hybridized carbons (Fsp3) is 0.667. The van der Waals surface area contributed by atoms with E-state index in [1.54, 1.807) is 0 Å². The van der Waals surface area contributed by atoms with E-state index in [4.69, 9.17) is 0 Å². The largest absolute Gasteiger partial charge is 0.399 e. The van der Waals surface area contributed by atoms with E-state index in [9.17, 15) is 18.0 Å². The Morgan fingerprint density at radius 2 is 1.33 bits per heavy atom. The second kappa shape index (κ2) is 7.98. The average Bonchev–Trinajstić information content (AvgIpc) is 2.20. The van der Waals surface area contributed by atoms with Crippen molar-refractivity contribution >= 4 is 22.6 Å². The van der Waals surface area contributed by atoms with Gasteiger partial charge in [0.1, 0.15) is 0 Å². The molecule has 0 N–H and O–H groups in total. The number of aliphatic imine (C=N–C) groups is 2. The summed E-state index contributed by atoms with van der Waals surface area (Å²) in [5.74, 6) is 0. The minimum atomic E-state index is -4.12. The van der Waals surface area contributed by atoms with Gasteiger partial charge in [-0.05, 0) is 0 Å². The van der Waals surface area contributed by atoms with Crippen LogP contribution in [0.2, 0.25) is 0 Å². The van der Waals surface area contributed by atoms with Crippen LogP contribution in [-0.2, 0) is 28.4 Å². The van der Waals surface area contributed by atoms with Crippen LogP contribution < -0.4 is 0 Å². The molecular weight excluding hydrogens is 228 g/mol. The summed E-state index contributed by atoms with van der Waals surface area (Å²) in [5.41, 5.74) is 0. The van der Waals surface area contributed by atoms with Crippen molar-refractivity contribution in [2.75, 3.05) is 26.3 Å². The van der Waals surface area contributed by atoms with Crippen molar-refractivity contribution in [1.82, 2.24) is 0 Å². The zero-order valence-corrected chi connectivity index (χ0v) is 8.40.